The number of benzene rings is 1. The fraction of sp³-hybridized carbons (Fsp3) is 0.231. The molecule has 1 aromatic carbocycles. The number of aromatic nitrogens is 2. The Labute approximate surface area is 120 Å². The summed E-state index contributed by atoms with van der Waals surface area (Å²) in [5.74, 6) is 0.588. The van der Waals surface area contributed by atoms with Crippen molar-refractivity contribution in [2.24, 2.45) is 0 Å². The molecule has 0 fully saturated rings. The quantitative estimate of drug-likeness (QED) is 0.639. The van der Waals surface area contributed by atoms with Crippen molar-refractivity contribution in [3.63, 3.8) is 0 Å². The lowest BCUT2D eigenvalue weighted by Crippen LogP contribution is -2.02. The Hall–Kier alpha value is -2.21. The molecule has 0 spiro atoms. The summed E-state index contributed by atoms with van der Waals surface area (Å²) in [6.07, 6.45) is 0. The summed E-state index contributed by atoms with van der Waals surface area (Å²) in [4.78, 5) is 10.4. The van der Waals surface area contributed by atoms with Gasteiger partial charge in [0.15, 0.2) is 5.15 Å². The number of hydrogen-bond acceptors (Lipinski definition) is 5. The van der Waals surface area contributed by atoms with Gasteiger partial charge < -0.3 is 4.74 Å². The largest absolute Gasteiger partial charge is 0.487 e. The van der Waals surface area contributed by atoms with Crippen molar-refractivity contribution in [2.45, 2.75) is 20.5 Å². The van der Waals surface area contributed by atoms with Crippen molar-refractivity contribution in [1.82, 2.24) is 10.2 Å². The van der Waals surface area contributed by atoms with E-state index >= 15 is 0 Å². The Morgan fingerprint density at radius 3 is 2.60 bits per heavy atom. The van der Waals surface area contributed by atoms with Gasteiger partial charge in [0, 0.05) is 11.6 Å². The highest BCUT2D eigenvalue weighted by Gasteiger charge is 2.14. The van der Waals surface area contributed by atoms with Crippen LogP contribution in [0, 0.1) is 24.0 Å². The molecule has 0 saturated heterocycles. The second-order valence-corrected chi connectivity index (χ2v) is 4.68. The maximum Gasteiger partial charge on any atom is 0.272 e. The van der Waals surface area contributed by atoms with Crippen molar-refractivity contribution in [1.29, 1.82) is 0 Å². The Bertz CT molecular complexity index is 644. The summed E-state index contributed by atoms with van der Waals surface area (Å²) in [5, 5.41) is 18.7. The number of halogens is 1. The number of nitro benzene ring substituents is 1. The number of ether oxygens (including phenoxy) is 1. The zero-order valence-corrected chi connectivity index (χ0v) is 11.7. The van der Waals surface area contributed by atoms with Gasteiger partial charge in [-0.05, 0) is 37.6 Å². The molecule has 7 heteroatoms. The predicted molar refractivity (Wildman–Crippen MR) is 73.9 cm³/mol. The summed E-state index contributed by atoms with van der Waals surface area (Å²) in [6.45, 7) is 3.66. The first kappa shape index (κ1) is 14.2. The van der Waals surface area contributed by atoms with E-state index in [4.69, 9.17) is 16.3 Å². The third-order valence-electron chi connectivity index (χ3n) is 2.75. The Morgan fingerprint density at radius 2 is 2.00 bits per heavy atom. The van der Waals surface area contributed by atoms with E-state index in [-0.39, 0.29) is 12.3 Å². The van der Waals surface area contributed by atoms with Gasteiger partial charge in [0.25, 0.3) is 5.69 Å². The molecule has 0 unspecified atom stereocenters. The lowest BCUT2D eigenvalue weighted by atomic mass is 10.1. The monoisotopic (exact) mass is 293 g/mol. The summed E-state index contributed by atoms with van der Waals surface area (Å²) in [5.41, 5.74) is 1.97. The third-order valence-corrected chi connectivity index (χ3v) is 2.95. The van der Waals surface area contributed by atoms with Crippen LogP contribution >= 0.6 is 11.6 Å². The van der Waals surface area contributed by atoms with Crippen molar-refractivity contribution < 1.29 is 9.66 Å². The van der Waals surface area contributed by atoms with E-state index in [0.29, 0.717) is 27.7 Å². The fourth-order valence-electron chi connectivity index (χ4n) is 1.70. The van der Waals surface area contributed by atoms with Gasteiger partial charge in [0.05, 0.1) is 4.92 Å². The maximum atomic E-state index is 10.8. The standard InChI is InChI=1S/C13H12ClN3O3/c1-8-6-12(9(2)5-11(8)17(18)19)20-7-10-3-4-13(14)16-15-10/h3-6H,7H2,1-2H3. The van der Waals surface area contributed by atoms with Gasteiger partial charge in [0.1, 0.15) is 18.1 Å². The number of hydrogen-bond donors (Lipinski definition) is 0. The minimum absolute atomic E-state index is 0.0844. The normalized spacial score (nSPS) is 10.3. The van der Waals surface area contributed by atoms with Gasteiger partial charge in [-0.2, -0.15) is 5.10 Å². The molecule has 0 saturated carbocycles. The highest BCUT2D eigenvalue weighted by atomic mass is 35.5. The van der Waals surface area contributed by atoms with Gasteiger partial charge in [-0.1, -0.05) is 11.6 Å². The molecule has 0 amide bonds. The fourth-order valence-corrected chi connectivity index (χ4v) is 1.80. The van der Waals surface area contributed by atoms with Gasteiger partial charge in [-0.3, -0.25) is 10.1 Å². The van der Waals surface area contributed by atoms with E-state index in [1.165, 1.54) is 6.07 Å². The minimum Gasteiger partial charge on any atom is -0.487 e. The molecule has 104 valence electrons. The van der Waals surface area contributed by atoms with E-state index in [1.807, 2.05) is 0 Å². The summed E-state index contributed by atoms with van der Waals surface area (Å²) < 4.78 is 5.61. The van der Waals surface area contributed by atoms with Crippen LogP contribution in [0.3, 0.4) is 0 Å². The average Bonchev–Trinajstić information content (AvgIpc) is 2.41. The molecule has 1 heterocycles. The molecule has 2 rings (SSSR count). The molecule has 2 aromatic rings. The Morgan fingerprint density at radius 1 is 1.25 bits per heavy atom. The number of nitrogens with zero attached hydrogens (tertiary/aromatic N) is 3. The summed E-state index contributed by atoms with van der Waals surface area (Å²) in [6, 6.07) is 6.49. The van der Waals surface area contributed by atoms with Crippen LogP contribution in [0.25, 0.3) is 0 Å². The van der Waals surface area contributed by atoms with Crippen LogP contribution in [0.5, 0.6) is 5.75 Å². The topological polar surface area (TPSA) is 78.2 Å². The predicted octanol–water partition coefficient (Wildman–Crippen LogP) is 3.23. The molecule has 0 atom stereocenters. The zero-order chi connectivity index (χ0) is 14.7. The van der Waals surface area contributed by atoms with Crippen LogP contribution in [0.1, 0.15) is 16.8 Å². The van der Waals surface area contributed by atoms with Gasteiger partial charge in [0.2, 0.25) is 0 Å². The molecule has 0 N–H and O–H groups in total. The number of rotatable bonds is 4. The third kappa shape index (κ3) is 3.21. The second kappa shape index (κ2) is 5.83. The maximum absolute atomic E-state index is 10.8. The lowest BCUT2D eigenvalue weighted by Gasteiger charge is -2.09. The minimum atomic E-state index is -0.406. The number of aryl methyl sites for hydroxylation is 2. The molecule has 0 aliphatic carbocycles. The Balaban J connectivity index is 2.16. The zero-order valence-electron chi connectivity index (χ0n) is 11.0. The van der Waals surface area contributed by atoms with Gasteiger partial charge in [-0.15, -0.1) is 5.10 Å². The van der Waals surface area contributed by atoms with Crippen LogP contribution in [0.2, 0.25) is 5.15 Å². The molecule has 0 aliphatic heterocycles. The SMILES string of the molecule is Cc1cc([N+](=O)[O-])c(C)cc1OCc1ccc(Cl)nn1. The summed E-state index contributed by atoms with van der Waals surface area (Å²) >= 11 is 5.64. The van der Waals surface area contributed by atoms with Crippen LogP contribution in [-0.4, -0.2) is 15.1 Å². The molecule has 1 aromatic heterocycles. The van der Waals surface area contributed by atoms with E-state index < -0.39 is 4.92 Å². The molecule has 0 radical (unpaired) electrons. The van der Waals surface area contributed by atoms with Gasteiger partial charge >= 0.3 is 0 Å². The van der Waals surface area contributed by atoms with Crippen LogP contribution in [0.4, 0.5) is 5.69 Å². The highest BCUT2D eigenvalue weighted by Crippen LogP contribution is 2.28. The smallest absolute Gasteiger partial charge is 0.272 e. The van der Waals surface area contributed by atoms with Crippen molar-refractivity contribution in [3.05, 3.63) is 56.4 Å². The molecule has 6 nitrogen and oxygen atoms in total. The van der Waals surface area contributed by atoms with E-state index in [0.717, 1.165) is 0 Å². The van der Waals surface area contributed by atoms with Crippen LogP contribution < -0.4 is 4.74 Å². The molecular weight excluding hydrogens is 282 g/mol. The van der Waals surface area contributed by atoms with Crippen molar-refractivity contribution >= 4 is 17.3 Å². The number of nitro groups is 1. The molecule has 0 aliphatic rings. The first-order chi connectivity index (χ1) is 9.47. The van der Waals surface area contributed by atoms with E-state index in [2.05, 4.69) is 10.2 Å². The highest BCUT2D eigenvalue weighted by molar-refractivity contribution is 6.29. The first-order valence-corrected chi connectivity index (χ1v) is 6.21. The first-order valence-electron chi connectivity index (χ1n) is 5.84. The summed E-state index contributed by atoms with van der Waals surface area (Å²) in [7, 11) is 0. The molecular formula is C13H12ClN3O3. The van der Waals surface area contributed by atoms with Crippen LogP contribution in [-0.2, 0) is 6.61 Å². The lowest BCUT2D eigenvalue weighted by molar-refractivity contribution is -0.385. The Kier molecular flexibility index (Phi) is 4.14. The van der Waals surface area contributed by atoms with Gasteiger partial charge in [-0.25, -0.2) is 0 Å². The van der Waals surface area contributed by atoms with Crippen molar-refractivity contribution in [2.75, 3.05) is 0 Å². The van der Waals surface area contributed by atoms with Crippen LogP contribution in [0.15, 0.2) is 24.3 Å². The second-order valence-electron chi connectivity index (χ2n) is 4.30. The van der Waals surface area contributed by atoms with E-state index in [9.17, 15) is 10.1 Å². The van der Waals surface area contributed by atoms with Crippen molar-refractivity contribution in [3.8, 4) is 5.75 Å². The molecule has 0 bridgehead atoms. The molecule has 20 heavy (non-hydrogen) atoms. The average molecular weight is 294 g/mol. The van der Waals surface area contributed by atoms with E-state index in [1.54, 1.807) is 32.0 Å².